The highest BCUT2D eigenvalue weighted by molar-refractivity contribution is 6.35. The van der Waals surface area contributed by atoms with Crippen LogP contribution in [-0.2, 0) is 20.9 Å². The maximum atomic E-state index is 13.1. The van der Waals surface area contributed by atoms with Crippen LogP contribution < -0.4 is 4.74 Å². The maximum Gasteiger partial charge on any atom is 0.163 e. The summed E-state index contributed by atoms with van der Waals surface area (Å²) in [7, 11) is 0. The smallest absolute Gasteiger partial charge is 0.163 e. The summed E-state index contributed by atoms with van der Waals surface area (Å²) in [6.45, 7) is 2.33. The van der Waals surface area contributed by atoms with Gasteiger partial charge in [-0.25, -0.2) is 0 Å². The van der Waals surface area contributed by atoms with Crippen LogP contribution in [0, 0.1) is 6.92 Å². The molecule has 2 aliphatic carbocycles. The second kappa shape index (κ2) is 9.00. The first-order valence-electron chi connectivity index (χ1n) is 11.3. The molecule has 4 nitrogen and oxygen atoms in total. The summed E-state index contributed by atoms with van der Waals surface area (Å²) in [5.41, 5.74) is 3.90. The number of hydrogen-bond acceptors (Lipinski definition) is 4. The standard InChI is InChI=1S/C27H24Cl2O4/c1-15-8-10-16(11-9-15)14-32-27-18(12-17(28)13-19(27)29)24-25-20(30)4-2-6-22(25)33-23-7-3-5-21(31)26(23)24/h8-13,24H,2-7,14H2,1H3. The van der Waals surface area contributed by atoms with E-state index in [-0.39, 0.29) is 11.6 Å². The molecule has 1 aliphatic heterocycles. The Morgan fingerprint density at radius 1 is 0.909 bits per heavy atom. The monoisotopic (exact) mass is 482 g/mol. The third-order valence-electron chi connectivity index (χ3n) is 6.49. The number of hydrogen-bond donors (Lipinski definition) is 0. The molecule has 0 atom stereocenters. The van der Waals surface area contributed by atoms with Crippen LogP contribution in [-0.4, -0.2) is 11.6 Å². The first kappa shape index (κ1) is 22.2. The molecule has 0 spiro atoms. The summed E-state index contributed by atoms with van der Waals surface area (Å²) in [5.74, 6) is 1.23. The molecule has 0 radical (unpaired) electrons. The van der Waals surface area contributed by atoms with E-state index in [1.165, 1.54) is 0 Å². The molecule has 0 unspecified atom stereocenters. The number of aryl methyl sites for hydroxylation is 1. The Hall–Kier alpha value is -2.56. The Morgan fingerprint density at radius 3 is 2.12 bits per heavy atom. The summed E-state index contributed by atoms with van der Waals surface area (Å²) < 4.78 is 12.4. The highest BCUT2D eigenvalue weighted by Gasteiger charge is 2.43. The van der Waals surface area contributed by atoms with Crippen molar-refractivity contribution in [1.82, 2.24) is 0 Å². The lowest BCUT2D eigenvalue weighted by Gasteiger charge is -2.36. The Bertz CT molecular complexity index is 1170. The minimum absolute atomic E-state index is 0.00626. The zero-order chi connectivity index (χ0) is 23.1. The Kier molecular flexibility index (Phi) is 6.07. The van der Waals surface area contributed by atoms with Crippen LogP contribution in [0.1, 0.15) is 61.1 Å². The predicted octanol–water partition coefficient (Wildman–Crippen LogP) is 7.01. The lowest BCUT2D eigenvalue weighted by molar-refractivity contribution is -0.117. The molecule has 2 aromatic carbocycles. The molecule has 3 aliphatic rings. The Labute approximate surface area is 203 Å². The third kappa shape index (κ3) is 4.22. The van der Waals surface area contributed by atoms with Gasteiger partial charge in [-0.05, 0) is 37.5 Å². The lowest BCUT2D eigenvalue weighted by atomic mass is 9.73. The van der Waals surface area contributed by atoms with E-state index in [1.807, 2.05) is 31.2 Å². The molecule has 5 rings (SSSR count). The van der Waals surface area contributed by atoms with E-state index >= 15 is 0 Å². The van der Waals surface area contributed by atoms with Crippen LogP contribution >= 0.6 is 23.2 Å². The molecule has 0 N–H and O–H groups in total. The van der Waals surface area contributed by atoms with Gasteiger partial charge in [-0.3, -0.25) is 9.59 Å². The lowest BCUT2D eigenvalue weighted by Crippen LogP contribution is -2.30. The maximum absolute atomic E-state index is 13.1. The van der Waals surface area contributed by atoms with Gasteiger partial charge in [-0.15, -0.1) is 0 Å². The van der Waals surface area contributed by atoms with Crippen molar-refractivity contribution in [2.75, 3.05) is 0 Å². The minimum atomic E-state index is -0.575. The van der Waals surface area contributed by atoms with Crippen LogP contribution in [0.15, 0.2) is 59.1 Å². The molecule has 0 fully saturated rings. The van der Waals surface area contributed by atoms with E-state index in [9.17, 15) is 9.59 Å². The Balaban J connectivity index is 1.63. The van der Waals surface area contributed by atoms with Gasteiger partial charge in [0.1, 0.15) is 23.9 Å². The van der Waals surface area contributed by atoms with Gasteiger partial charge in [0, 0.05) is 47.4 Å². The van der Waals surface area contributed by atoms with Gasteiger partial charge in [0.2, 0.25) is 0 Å². The molecule has 0 saturated heterocycles. The number of carbonyl (C=O) groups excluding carboxylic acids is 2. The number of carbonyl (C=O) groups is 2. The number of rotatable bonds is 4. The molecule has 0 aromatic heterocycles. The van der Waals surface area contributed by atoms with Crippen molar-refractivity contribution < 1.29 is 19.1 Å². The van der Waals surface area contributed by atoms with Gasteiger partial charge in [-0.2, -0.15) is 0 Å². The highest BCUT2D eigenvalue weighted by Crippen LogP contribution is 2.51. The van der Waals surface area contributed by atoms with Crippen molar-refractivity contribution in [3.8, 4) is 5.75 Å². The zero-order valence-electron chi connectivity index (χ0n) is 18.4. The largest absolute Gasteiger partial charge is 0.487 e. The van der Waals surface area contributed by atoms with E-state index in [0.717, 1.165) is 24.0 Å². The predicted molar refractivity (Wildman–Crippen MR) is 128 cm³/mol. The topological polar surface area (TPSA) is 52.6 Å². The third-order valence-corrected chi connectivity index (χ3v) is 6.99. The van der Waals surface area contributed by atoms with Crippen LogP contribution in [0.2, 0.25) is 10.0 Å². The van der Waals surface area contributed by atoms with Gasteiger partial charge < -0.3 is 9.47 Å². The van der Waals surface area contributed by atoms with Crippen molar-refractivity contribution >= 4 is 34.8 Å². The fourth-order valence-electron chi connectivity index (χ4n) is 4.92. The molecule has 2 aromatic rings. The number of benzene rings is 2. The highest BCUT2D eigenvalue weighted by atomic mass is 35.5. The van der Waals surface area contributed by atoms with Crippen molar-refractivity contribution in [3.63, 3.8) is 0 Å². The molecule has 0 amide bonds. The van der Waals surface area contributed by atoms with Crippen molar-refractivity contribution in [2.24, 2.45) is 0 Å². The van der Waals surface area contributed by atoms with E-state index < -0.39 is 5.92 Å². The zero-order valence-corrected chi connectivity index (χ0v) is 19.9. The first-order valence-corrected chi connectivity index (χ1v) is 12.1. The molecular formula is C27H24Cl2O4. The van der Waals surface area contributed by atoms with Crippen molar-refractivity contribution in [2.45, 2.75) is 58.0 Å². The summed E-state index contributed by atoms with van der Waals surface area (Å²) in [6.07, 6.45) is 3.71. The SMILES string of the molecule is Cc1ccc(COc2c(Cl)cc(Cl)cc2C2C3=C(CCCC3=O)OC3=C2C(=O)CCC3)cc1. The van der Waals surface area contributed by atoms with Gasteiger partial charge in [0.25, 0.3) is 0 Å². The normalized spacial score (nSPS) is 18.8. The van der Waals surface area contributed by atoms with Crippen LogP contribution in [0.4, 0.5) is 0 Å². The first-order chi connectivity index (χ1) is 15.9. The van der Waals surface area contributed by atoms with Crippen molar-refractivity contribution in [3.05, 3.63) is 85.8 Å². The van der Waals surface area contributed by atoms with E-state index in [2.05, 4.69) is 0 Å². The van der Waals surface area contributed by atoms with Gasteiger partial charge in [-0.1, -0.05) is 53.0 Å². The number of ketones is 2. The summed E-state index contributed by atoms with van der Waals surface area (Å²) in [4.78, 5) is 26.2. The molecular weight excluding hydrogens is 459 g/mol. The average molecular weight is 483 g/mol. The molecule has 33 heavy (non-hydrogen) atoms. The summed E-state index contributed by atoms with van der Waals surface area (Å²) in [6, 6.07) is 11.5. The molecule has 1 heterocycles. The van der Waals surface area contributed by atoms with Crippen LogP contribution in [0.3, 0.4) is 0 Å². The molecule has 0 bridgehead atoms. The van der Waals surface area contributed by atoms with Gasteiger partial charge in [0.05, 0.1) is 10.9 Å². The fraction of sp³-hybridized carbons (Fsp3) is 0.333. The quantitative estimate of drug-likeness (QED) is 0.470. The summed E-state index contributed by atoms with van der Waals surface area (Å²) >= 11 is 13.1. The molecule has 0 saturated carbocycles. The van der Waals surface area contributed by atoms with Gasteiger partial charge >= 0.3 is 0 Å². The minimum Gasteiger partial charge on any atom is -0.487 e. The number of ether oxygens (including phenoxy) is 2. The van der Waals surface area contributed by atoms with E-state index in [4.69, 9.17) is 32.7 Å². The average Bonchev–Trinajstić information content (AvgIpc) is 2.78. The fourth-order valence-corrected chi connectivity index (χ4v) is 5.48. The number of halogens is 2. The number of Topliss-reactive ketones (excluding diaryl/α,β-unsaturated/α-hetero) is 2. The van der Waals surface area contributed by atoms with E-state index in [1.54, 1.807) is 12.1 Å². The Morgan fingerprint density at radius 2 is 1.52 bits per heavy atom. The van der Waals surface area contributed by atoms with Crippen LogP contribution in [0.5, 0.6) is 5.75 Å². The second-order valence-corrected chi connectivity index (χ2v) is 9.69. The van der Waals surface area contributed by atoms with E-state index in [0.29, 0.717) is 76.3 Å². The van der Waals surface area contributed by atoms with Crippen molar-refractivity contribution in [1.29, 1.82) is 0 Å². The molecule has 6 heteroatoms. The second-order valence-electron chi connectivity index (χ2n) is 8.84. The van der Waals surface area contributed by atoms with Gasteiger partial charge in [0.15, 0.2) is 11.6 Å². The molecule has 170 valence electrons. The summed E-state index contributed by atoms with van der Waals surface area (Å²) in [5, 5.41) is 0.784. The number of allylic oxidation sites excluding steroid dienone is 4. The van der Waals surface area contributed by atoms with Crippen LogP contribution in [0.25, 0.3) is 0 Å².